The third kappa shape index (κ3) is 2.62. The van der Waals surface area contributed by atoms with Gasteiger partial charge in [0.05, 0.1) is 0 Å². The molecule has 2 amide bonds. The molecule has 2 aliphatic rings. The Morgan fingerprint density at radius 2 is 1.05 bits per heavy atom. The lowest BCUT2D eigenvalue weighted by Gasteiger charge is -2.24. The first-order valence-electron chi connectivity index (χ1n) is 8.36. The van der Waals surface area contributed by atoms with Crippen LogP contribution < -0.4 is 11.5 Å². The van der Waals surface area contributed by atoms with E-state index in [1.807, 2.05) is 0 Å². The Hall–Kier alpha value is -1.84. The van der Waals surface area contributed by atoms with Crippen molar-refractivity contribution in [3.63, 3.8) is 0 Å². The summed E-state index contributed by atoms with van der Waals surface area (Å²) in [6.07, 6.45) is 8.98. The first-order chi connectivity index (χ1) is 10.6. The summed E-state index contributed by atoms with van der Waals surface area (Å²) < 4.78 is 0. The lowest BCUT2D eigenvalue weighted by Crippen LogP contribution is -2.22. The van der Waals surface area contributed by atoms with Gasteiger partial charge in [-0.1, -0.05) is 25.7 Å². The summed E-state index contributed by atoms with van der Waals surface area (Å²) in [4.78, 5) is 23.9. The van der Waals surface area contributed by atoms with E-state index in [0.717, 1.165) is 36.8 Å². The van der Waals surface area contributed by atoms with E-state index in [0.29, 0.717) is 23.0 Å². The SMILES string of the molecule is NC(=O)c1ccc(C(N)=O)c(C2CCCC2)c1C1CCCC1. The molecule has 2 fully saturated rings. The van der Waals surface area contributed by atoms with Crippen molar-refractivity contribution in [2.24, 2.45) is 11.5 Å². The van der Waals surface area contributed by atoms with Gasteiger partial charge in [-0.2, -0.15) is 0 Å². The van der Waals surface area contributed by atoms with Crippen LogP contribution in [-0.2, 0) is 0 Å². The van der Waals surface area contributed by atoms with Gasteiger partial charge in [0.25, 0.3) is 0 Å². The van der Waals surface area contributed by atoms with Gasteiger partial charge in [0.15, 0.2) is 0 Å². The molecule has 3 rings (SSSR count). The minimum Gasteiger partial charge on any atom is -0.366 e. The Morgan fingerprint density at radius 1 is 0.727 bits per heavy atom. The van der Waals surface area contributed by atoms with Gasteiger partial charge in [0, 0.05) is 11.1 Å². The van der Waals surface area contributed by atoms with Crippen molar-refractivity contribution in [2.45, 2.75) is 63.2 Å². The molecule has 0 radical (unpaired) electrons. The highest BCUT2D eigenvalue weighted by Crippen LogP contribution is 2.45. The van der Waals surface area contributed by atoms with Crippen molar-refractivity contribution in [1.82, 2.24) is 0 Å². The van der Waals surface area contributed by atoms with Crippen LogP contribution in [0.5, 0.6) is 0 Å². The maximum atomic E-state index is 11.9. The van der Waals surface area contributed by atoms with Crippen molar-refractivity contribution in [3.05, 3.63) is 34.4 Å². The van der Waals surface area contributed by atoms with Gasteiger partial charge in [-0.3, -0.25) is 9.59 Å². The van der Waals surface area contributed by atoms with Crippen LogP contribution in [-0.4, -0.2) is 11.8 Å². The predicted molar refractivity (Wildman–Crippen MR) is 85.9 cm³/mol. The van der Waals surface area contributed by atoms with Crippen LogP contribution in [0.2, 0.25) is 0 Å². The summed E-state index contributed by atoms with van der Waals surface area (Å²) >= 11 is 0. The Balaban J connectivity index is 2.21. The van der Waals surface area contributed by atoms with Crippen LogP contribution in [0.4, 0.5) is 0 Å². The molecule has 2 saturated carbocycles. The summed E-state index contributed by atoms with van der Waals surface area (Å²) in [6, 6.07) is 3.41. The Kier molecular flexibility index (Phi) is 4.19. The number of amides is 2. The molecule has 0 saturated heterocycles. The van der Waals surface area contributed by atoms with E-state index in [1.165, 1.54) is 25.7 Å². The second-order valence-corrected chi connectivity index (χ2v) is 6.68. The molecule has 0 aromatic heterocycles. The van der Waals surface area contributed by atoms with Gasteiger partial charge in [0.1, 0.15) is 0 Å². The monoisotopic (exact) mass is 300 g/mol. The predicted octanol–water partition coefficient (Wildman–Crippen LogP) is 3.20. The van der Waals surface area contributed by atoms with E-state index < -0.39 is 11.8 Å². The van der Waals surface area contributed by atoms with Crippen LogP contribution >= 0.6 is 0 Å². The molecule has 0 unspecified atom stereocenters. The Labute approximate surface area is 131 Å². The minimum atomic E-state index is -0.392. The molecular weight excluding hydrogens is 276 g/mol. The van der Waals surface area contributed by atoms with E-state index >= 15 is 0 Å². The molecule has 2 aliphatic carbocycles. The fourth-order valence-electron chi connectivity index (χ4n) is 4.37. The maximum absolute atomic E-state index is 11.9. The summed E-state index contributed by atoms with van der Waals surface area (Å²) in [5.74, 6) is -0.0934. The van der Waals surface area contributed by atoms with Crippen LogP contribution in [0.15, 0.2) is 12.1 Å². The largest absolute Gasteiger partial charge is 0.366 e. The average Bonchev–Trinajstić information content (AvgIpc) is 3.18. The summed E-state index contributed by atoms with van der Waals surface area (Å²) in [5, 5.41) is 0. The smallest absolute Gasteiger partial charge is 0.248 e. The highest BCUT2D eigenvalue weighted by Gasteiger charge is 2.32. The van der Waals surface area contributed by atoms with Gasteiger partial charge in [-0.25, -0.2) is 0 Å². The van der Waals surface area contributed by atoms with Gasteiger partial charge in [-0.05, 0) is 60.8 Å². The van der Waals surface area contributed by atoms with Crippen molar-refractivity contribution in [2.75, 3.05) is 0 Å². The maximum Gasteiger partial charge on any atom is 0.248 e. The molecule has 118 valence electrons. The molecule has 0 spiro atoms. The van der Waals surface area contributed by atoms with Crippen LogP contribution in [0.25, 0.3) is 0 Å². The van der Waals surface area contributed by atoms with Gasteiger partial charge >= 0.3 is 0 Å². The number of carbonyl (C=O) groups is 2. The lowest BCUT2D eigenvalue weighted by atomic mass is 9.79. The molecule has 0 bridgehead atoms. The molecule has 0 heterocycles. The highest BCUT2D eigenvalue weighted by atomic mass is 16.1. The number of hydrogen-bond acceptors (Lipinski definition) is 2. The van der Waals surface area contributed by atoms with Crippen molar-refractivity contribution in [3.8, 4) is 0 Å². The second kappa shape index (κ2) is 6.11. The normalized spacial score (nSPS) is 19.6. The van der Waals surface area contributed by atoms with Gasteiger partial charge in [-0.15, -0.1) is 0 Å². The number of benzene rings is 1. The molecule has 4 N–H and O–H groups in total. The topological polar surface area (TPSA) is 86.2 Å². The molecule has 4 nitrogen and oxygen atoms in total. The molecule has 1 aromatic rings. The van der Waals surface area contributed by atoms with Crippen molar-refractivity contribution < 1.29 is 9.59 Å². The summed E-state index contributed by atoms with van der Waals surface area (Å²) in [6.45, 7) is 0. The lowest BCUT2D eigenvalue weighted by molar-refractivity contribution is 0.0986. The molecule has 4 heteroatoms. The number of primary amides is 2. The summed E-state index contributed by atoms with van der Waals surface area (Å²) in [7, 11) is 0. The first kappa shape index (κ1) is 15.1. The van der Waals surface area contributed by atoms with Crippen molar-refractivity contribution >= 4 is 11.8 Å². The van der Waals surface area contributed by atoms with E-state index in [9.17, 15) is 9.59 Å². The highest BCUT2D eigenvalue weighted by molar-refractivity contribution is 5.99. The third-order valence-electron chi connectivity index (χ3n) is 5.34. The molecule has 1 aromatic carbocycles. The molecular formula is C18H24N2O2. The quantitative estimate of drug-likeness (QED) is 0.894. The minimum absolute atomic E-state index is 0.345. The Bertz CT molecular complexity index is 544. The number of carbonyl (C=O) groups excluding carboxylic acids is 2. The van der Waals surface area contributed by atoms with E-state index in [1.54, 1.807) is 12.1 Å². The van der Waals surface area contributed by atoms with Crippen molar-refractivity contribution in [1.29, 1.82) is 0 Å². The van der Waals surface area contributed by atoms with E-state index in [2.05, 4.69) is 0 Å². The standard InChI is InChI=1S/C18H24N2O2/c19-17(21)13-9-10-14(18(20)22)16(12-7-3-4-8-12)15(13)11-5-1-2-6-11/h9-12H,1-8H2,(H2,19,21)(H2,20,22). The average molecular weight is 300 g/mol. The van der Waals surface area contributed by atoms with E-state index in [4.69, 9.17) is 11.5 Å². The van der Waals surface area contributed by atoms with E-state index in [-0.39, 0.29) is 0 Å². The zero-order valence-corrected chi connectivity index (χ0v) is 12.9. The van der Waals surface area contributed by atoms with Gasteiger partial charge in [0.2, 0.25) is 11.8 Å². The number of rotatable bonds is 4. The van der Waals surface area contributed by atoms with Crippen LogP contribution in [0.3, 0.4) is 0 Å². The molecule has 0 atom stereocenters. The Morgan fingerprint density at radius 3 is 1.32 bits per heavy atom. The van der Waals surface area contributed by atoms with Crippen LogP contribution in [0.1, 0.15) is 95.0 Å². The third-order valence-corrected chi connectivity index (χ3v) is 5.34. The molecule has 22 heavy (non-hydrogen) atoms. The number of hydrogen-bond donors (Lipinski definition) is 2. The zero-order chi connectivity index (χ0) is 15.7. The van der Waals surface area contributed by atoms with Crippen LogP contribution in [0, 0.1) is 0 Å². The zero-order valence-electron chi connectivity index (χ0n) is 12.9. The molecule has 0 aliphatic heterocycles. The fourth-order valence-corrected chi connectivity index (χ4v) is 4.37. The first-order valence-corrected chi connectivity index (χ1v) is 8.36. The summed E-state index contributed by atoms with van der Waals surface area (Å²) in [5.41, 5.74) is 14.5. The van der Waals surface area contributed by atoms with Gasteiger partial charge < -0.3 is 11.5 Å². The number of nitrogens with two attached hydrogens (primary N) is 2. The fraction of sp³-hybridized carbons (Fsp3) is 0.556. The second-order valence-electron chi connectivity index (χ2n) is 6.68.